The van der Waals surface area contributed by atoms with Crippen molar-refractivity contribution in [1.82, 2.24) is 0 Å². The summed E-state index contributed by atoms with van der Waals surface area (Å²) in [4.78, 5) is 9.14. The molecule has 0 spiro atoms. The third-order valence-corrected chi connectivity index (χ3v) is 4.86. The molecule has 0 saturated carbocycles. The van der Waals surface area contributed by atoms with E-state index in [-0.39, 0.29) is 10.8 Å². The number of benzene rings is 2. The quantitative estimate of drug-likeness (QED) is 0.565. The van der Waals surface area contributed by atoms with E-state index in [0.29, 0.717) is 0 Å². The first-order valence-corrected chi connectivity index (χ1v) is 8.85. The van der Waals surface area contributed by atoms with Crippen molar-refractivity contribution >= 4 is 42.6 Å². The van der Waals surface area contributed by atoms with Crippen molar-refractivity contribution in [2.45, 2.75) is 9.79 Å². The monoisotopic (exact) mass is 361 g/mol. The van der Waals surface area contributed by atoms with Crippen molar-refractivity contribution in [1.29, 1.82) is 0 Å². The molecule has 0 aromatic heterocycles. The standard InChI is InChI=1S/C12H11NO8S2/c14-6-10(15)13-11-8-4-2-1-3-7(8)5-9(22(16,17)18)12(11)23(19,20)21/h1-5,14H,6H2,(H,13,15)(H,16,17,18)(H,19,20,21). The fourth-order valence-electron chi connectivity index (χ4n) is 2.05. The lowest BCUT2D eigenvalue weighted by atomic mass is 10.1. The van der Waals surface area contributed by atoms with Crippen molar-refractivity contribution in [3.05, 3.63) is 30.3 Å². The summed E-state index contributed by atoms with van der Waals surface area (Å²) in [6.07, 6.45) is 0. The van der Waals surface area contributed by atoms with Crippen molar-refractivity contribution < 1.29 is 35.8 Å². The zero-order chi connectivity index (χ0) is 17.4. The SMILES string of the molecule is O=C(CO)Nc1c(S(=O)(=O)O)c(S(=O)(=O)O)cc2ccccc12. The van der Waals surface area contributed by atoms with Crippen molar-refractivity contribution in [2.75, 3.05) is 11.9 Å². The Bertz CT molecular complexity index is 995. The number of hydrogen-bond acceptors (Lipinski definition) is 6. The van der Waals surface area contributed by atoms with Gasteiger partial charge < -0.3 is 10.4 Å². The van der Waals surface area contributed by atoms with Gasteiger partial charge in [0.15, 0.2) is 0 Å². The van der Waals surface area contributed by atoms with E-state index in [0.717, 1.165) is 6.07 Å². The second kappa shape index (κ2) is 5.86. The molecule has 0 heterocycles. The molecule has 0 atom stereocenters. The van der Waals surface area contributed by atoms with Crippen LogP contribution < -0.4 is 5.32 Å². The molecule has 0 bridgehead atoms. The largest absolute Gasteiger partial charge is 0.387 e. The van der Waals surface area contributed by atoms with Crippen LogP contribution in [0.1, 0.15) is 0 Å². The van der Waals surface area contributed by atoms with Crippen LogP contribution in [-0.4, -0.2) is 43.6 Å². The Kier molecular flexibility index (Phi) is 4.41. The van der Waals surface area contributed by atoms with Gasteiger partial charge in [0, 0.05) is 5.39 Å². The van der Waals surface area contributed by atoms with Crippen molar-refractivity contribution in [3.8, 4) is 0 Å². The lowest BCUT2D eigenvalue weighted by Gasteiger charge is -2.15. The van der Waals surface area contributed by atoms with Crippen LogP contribution in [-0.2, 0) is 25.0 Å². The highest BCUT2D eigenvalue weighted by Crippen LogP contribution is 2.36. The minimum Gasteiger partial charge on any atom is -0.387 e. The molecule has 4 N–H and O–H groups in total. The van der Waals surface area contributed by atoms with Crippen LogP contribution in [0.15, 0.2) is 40.1 Å². The lowest BCUT2D eigenvalue weighted by molar-refractivity contribution is -0.118. The molecule has 0 aliphatic carbocycles. The zero-order valence-electron chi connectivity index (χ0n) is 11.3. The molecular formula is C12H11NO8S2. The summed E-state index contributed by atoms with van der Waals surface area (Å²) < 4.78 is 64.7. The average Bonchev–Trinajstić information content (AvgIpc) is 2.44. The van der Waals surface area contributed by atoms with E-state index in [1.54, 1.807) is 0 Å². The van der Waals surface area contributed by atoms with Crippen molar-refractivity contribution in [3.63, 3.8) is 0 Å². The maximum atomic E-state index is 11.6. The summed E-state index contributed by atoms with van der Waals surface area (Å²) >= 11 is 0. The first-order chi connectivity index (χ1) is 10.6. The van der Waals surface area contributed by atoms with Gasteiger partial charge in [0.05, 0.1) is 5.69 Å². The Morgan fingerprint density at radius 3 is 2.17 bits per heavy atom. The smallest absolute Gasteiger partial charge is 0.298 e. The Morgan fingerprint density at radius 1 is 1.04 bits per heavy atom. The number of carbonyl (C=O) groups excluding carboxylic acids is 1. The highest BCUT2D eigenvalue weighted by Gasteiger charge is 2.30. The van der Waals surface area contributed by atoms with Gasteiger partial charge in [-0.05, 0) is 11.5 Å². The predicted molar refractivity (Wildman–Crippen MR) is 79.3 cm³/mol. The zero-order valence-corrected chi connectivity index (χ0v) is 12.9. The number of aliphatic hydroxyl groups is 1. The third-order valence-electron chi connectivity index (χ3n) is 2.91. The van der Waals surface area contributed by atoms with E-state index >= 15 is 0 Å². The summed E-state index contributed by atoms with van der Waals surface area (Å²) in [7, 11) is -10.2. The topological polar surface area (TPSA) is 158 Å². The van der Waals surface area contributed by atoms with Gasteiger partial charge in [-0.1, -0.05) is 24.3 Å². The van der Waals surface area contributed by atoms with Crippen LogP contribution in [0.5, 0.6) is 0 Å². The summed E-state index contributed by atoms with van der Waals surface area (Å²) in [5.41, 5.74) is -0.558. The summed E-state index contributed by atoms with van der Waals surface area (Å²) in [5, 5.41) is 11.1. The minimum atomic E-state index is -5.13. The molecule has 2 rings (SSSR count). The van der Waals surface area contributed by atoms with Crippen LogP contribution in [0.3, 0.4) is 0 Å². The highest BCUT2D eigenvalue weighted by molar-refractivity contribution is 7.89. The Morgan fingerprint density at radius 2 is 1.65 bits per heavy atom. The fraction of sp³-hybridized carbons (Fsp3) is 0.0833. The summed E-state index contributed by atoms with van der Waals surface area (Å²) in [6.45, 7) is -1.00. The van der Waals surface area contributed by atoms with E-state index in [1.807, 2.05) is 5.32 Å². The predicted octanol–water partition coefficient (Wildman–Crippen LogP) is 0.264. The third kappa shape index (κ3) is 3.48. The van der Waals surface area contributed by atoms with Gasteiger partial charge in [0.2, 0.25) is 5.91 Å². The fourth-order valence-corrected chi connectivity index (χ4v) is 4.03. The van der Waals surface area contributed by atoms with E-state index < -0.39 is 48.2 Å². The molecule has 11 heteroatoms. The average molecular weight is 361 g/mol. The van der Waals surface area contributed by atoms with Crippen LogP contribution in [0.2, 0.25) is 0 Å². The van der Waals surface area contributed by atoms with E-state index in [2.05, 4.69) is 0 Å². The second-order valence-corrected chi connectivity index (χ2v) is 7.20. The van der Waals surface area contributed by atoms with Gasteiger partial charge in [-0.2, -0.15) is 16.8 Å². The molecular weight excluding hydrogens is 350 g/mol. The highest BCUT2D eigenvalue weighted by atomic mass is 32.2. The summed E-state index contributed by atoms with van der Waals surface area (Å²) in [6, 6.07) is 6.62. The van der Waals surface area contributed by atoms with E-state index in [9.17, 15) is 30.7 Å². The number of aliphatic hydroxyl groups excluding tert-OH is 1. The number of anilines is 1. The number of carbonyl (C=O) groups is 1. The molecule has 124 valence electrons. The molecule has 2 aromatic rings. The lowest BCUT2D eigenvalue weighted by Crippen LogP contribution is -2.19. The van der Waals surface area contributed by atoms with Gasteiger partial charge >= 0.3 is 0 Å². The maximum Gasteiger partial charge on any atom is 0.298 e. The number of rotatable bonds is 4. The second-order valence-electron chi connectivity index (χ2n) is 4.46. The van der Waals surface area contributed by atoms with Gasteiger partial charge in [0.1, 0.15) is 16.4 Å². The van der Waals surface area contributed by atoms with Crippen LogP contribution in [0.25, 0.3) is 10.8 Å². The number of fused-ring (bicyclic) bond motifs is 1. The Balaban J connectivity index is 3.05. The molecule has 2 aromatic carbocycles. The Hall–Kier alpha value is -2.05. The van der Waals surface area contributed by atoms with Gasteiger partial charge in [-0.15, -0.1) is 0 Å². The van der Waals surface area contributed by atoms with Crippen LogP contribution in [0.4, 0.5) is 5.69 Å². The molecule has 0 saturated heterocycles. The number of nitrogens with one attached hydrogen (secondary N) is 1. The normalized spacial score (nSPS) is 12.3. The van der Waals surface area contributed by atoms with Gasteiger partial charge in [0.25, 0.3) is 20.2 Å². The van der Waals surface area contributed by atoms with E-state index in [1.165, 1.54) is 24.3 Å². The molecule has 9 nitrogen and oxygen atoms in total. The van der Waals surface area contributed by atoms with E-state index in [4.69, 9.17) is 5.11 Å². The molecule has 0 aliphatic heterocycles. The van der Waals surface area contributed by atoms with Crippen LogP contribution in [0, 0.1) is 0 Å². The molecule has 0 unspecified atom stereocenters. The molecule has 0 aliphatic rings. The molecule has 23 heavy (non-hydrogen) atoms. The van der Waals surface area contributed by atoms with Gasteiger partial charge in [-0.25, -0.2) is 0 Å². The number of hydrogen-bond donors (Lipinski definition) is 4. The first kappa shape index (κ1) is 17.3. The van der Waals surface area contributed by atoms with Crippen molar-refractivity contribution in [2.24, 2.45) is 0 Å². The minimum absolute atomic E-state index is 0.0920. The van der Waals surface area contributed by atoms with Gasteiger partial charge in [-0.3, -0.25) is 13.9 Å². The maximum absolute atomic E-state index is 11.6. The molecule has 0 fully saturated rings. The molecule has 0 radical (unpaired) electrons. The first-order valence-electron chi connectivity index (χ1n) is 5.97. The summed E-state index contributed by atoms with van der Waals surface area (Å²) in [5.74, 6) is -1.03. The molecule has 1 amide bonds. The Labute approximate surface area is 131 Å². The number of amides is 1. The van der Waals surface area contributed by atoms with Crippen LogP contribution >= 0.6 is 0 Å².